The van der Waals surface area contributed by atoms with Crippen LogP contribution in [-0.4, -0.2) is 40.0 Å². The van der Waals surface area contributed by atoms with E-state index < -0.39 is 17.8 Å². The van der Waals surface area contributed by atoms with E-state index in [1.54, 1.807) is 11.0 Å². The maximum atomic E-state index is 13.2. The monoisotopic (exact) mass is 391 g/mol. The molecule has 28 heavy (non-hydrogen) atoms. The number of hydrogen-bond donors (Lipinski definition) is 0. The normalized spacial score (nSPS) is 22.9. The van der Waals surface area contributed by atoms with Gasteiger partial charge in [-0.15, -0.1) is 0 Å². The summed E-state index contributed by atoms with van der Waals surface area (Å²) in [6.45, 7) is 2.29. The lowest BCUT2D eigenvalue weighted by molar-refractivity contribution is -0.137. The highest BCUT2D eigenvalue weighted by Crippen LogP contribution is 2.41. The number of ether oxygens (including phenoxy) is 1. The third-order valence-corrected chi connectivity index (χ3v) is 5.22. The highest BCUT2D eigenvalue weighted by atomic mass is 19.4. The molecule has 148 valence electrons. The molecule has 4 rings (SSSR count). The van der Waals surface area contributed by atoms with Gasteiger partial charge in [-0.1, -0.05) is 12.1 Å². The van der Waals surface area contributed by atoms with Crippen LogP contribution >= 0.6 is 0 Å². The predicted octanol–water partition coefficient (Wildman–Crippen LogP) is 3.98. The Bertz CT molecular complexity index is 883. The fourth-order valence-corrected chi connectivity index (χ4v) is 3.50. The topological polar surface area (TPSA) is 55.3 Å². The Labute approximate surface area is 160 Å². The third-order valence-electron chi connectivity index (χ3n) is 5.22. The van der Waals surface area contributed by atoms with Crippen molar-refractivity contribution in [3.8, 4) is 0 Å². The van der Waals surface area contributed by atoms with E-state index in [2.05, 4.69) is 9.97 Å². The molecule has 1 aliphatic carbocycles. The second kappa shape index (κ2) is 7.16. The molecule has 0 radical (unpaired) electrons. The van der Waals surface area contributed by atoms with Crippen LogP contribution in [-0.2, 0) is 10.9 Å². The quantitative estimate of drug-likeness (QED) is 0.794. The van der Waals surface area contributed by atoms with E-state index in [4.69, 9.17) is 4.74 Å². The second-order valence-corrected chi connectivity index (χ2v) is 7.35. The van der Waals surface area contributed by atoms with Crippen molar-refractivity contribution >= 4 is 5.91 Å². The van der Waals surface area contributed by atoms with Crippen LogP contribution in [0.4, 0.5) is 13.2 Å². The summed E-state index contributed by atoms with van der Waals surface area (Å²) in [5.74, 6) is 0.0906. The Hall–Kier alpha value is -2.48. The minimum absolute atomic E-state index is 0.181. The predicted molar refractivity (Wildman–Crippen MR) is 94.6 cm³/mol. The molecule has 2 fully saturated rings. The van der Waals surface area contributed by atoms with Crippen molar-refractivity contribution in [1.82, 2.24) is 14.9 Å². The summed E-state index contributed by atoms with van der Waals surface area (Å²) in [5, 5.41) is 0. The van der Waals surface area contributed by atoms with Gasteiger partial charge in [-0.3, -0.25) is 4.79 Å². The lowest BCUT2D eigenvalue weighted by atomic mass is 10.0. The molecule has 0 bridgehead atoms. The molecule has 2 aromatic rings. The van der Waals surface area contributed by atoms with Crippen LogP contribution in [0.1, 0.15) is 59.0 Å². The number of carbonyl (C=O) groups is 1. The lowest BCUT2D eigenvalue weighted by Crippen LogP contribution is -2.48. The summed E-state index contributed by atoms with van der Waals surface area (Å²) in [5.41, 5.74) is 0.916. The number of amides is 1. The van der Waals surface area contributed by atoms with Crippen LogP contribution in [0.15, 0.2) is 36.8 Å². The van der Waals surface area contributed by atoms with Crippen molar-refractivity contribution in [3.63, 3.8) is 0 Å². The Balaban J connectivity index is 1.58. The first-order chi connectivity index (χ1) is 13.3. The fraction of sp³-hybridized carbons (Fsp3) is 0.450. The third kappa shape index (κ3) is 3.73. The van der Waals surface area contributed by atoms with E-state index in [-0.39, 0.29) is 31.0 Å². The van der Waals surface area contributed by atoms with Crippen LogP contribution in [0.25, 0.3) is 0 Å². The van der Waals surface area contributed by atoms with Gasteiger partial charge in [0, 0.05) is 12.1 Å². The van der Waals surface area contributed by atoms with Crippen LogP contribution in [0.3, 0.4) is 0 Å². The largest absolute Gasteiger partial charge is 0.416 e. The molecule has 2 atom stereocenters. The Morgan fingerprint density at radius 1 is 1.29 bits per heavy atom. The van der Waals surface area contributed by atoms with Crippen LogP contribution in [0.2, 0.25) is 0 Å². The highest BCUT2D eigenvalue weighted by Gasteiger charge is 2.36. The number of aromatic nitrogens is 2. The van der Waals surface area contributed by atoms with Crippen LogP contribution in [0.5, 0.6) is 0 Å². The zero-order valence-corrected chi connectivity index (χ0v) is 15.3. The maximum absolute atomic E-state index is 13.2. The van der Waals surface area contributed by atoms with E-state index in [0.29, 0.717) is 11.1 Å². The maximum Gasteiger partial charge on any atom is 0.416 e. The van der Waals surface area contributed by atoms with E-state index in [1.165, 1.54) is 18.6 Å². The van der Waals surface area contributed by atoms with E-state index >= 15 is 0 Å². The zero-order chi connectivity index (χ0) is 19.9. The van der Waals surface area contributed by atoms with Crippen molar-refractivity contribution in [3.05, 3.63) is 59.2 Å². The molecule has 1 aromatic carbocycles. The lowest BCUT2D eigenvalue weighted by Gasteiger charge is -2.38. The minimum atomic E-state index is -4.42. The van der Waals surface area contributed by atoms with Gasteiger partial charge < -0.3 is 9.64 Å². The molecule has 2 aliphatic rings. The number of morpholine rings is 1. The van der Waals surface area contributed by atoms with E-state index in [9.17, 15) is 18.0 Å². The van der Waals surface area contributed by atoms with Gasteiger partial charge in [0.1, 0.15) is 12.4 Å². The Morgan fingerprint density at radius 3 is 2.79 bits per heavy atom. The molecule has 1 aromatic heterocycles. The van der Waals surface area contributed by atoms with Gasteiger partial charge in [0.05, 0.1) is 36.0 Å². The Morgan fingerprint density at radius 2 is 2.07 bits per heavy atom. The van der Waals surface area contributed by atoms with Crippen molar-refractivity contribution in [1.29, 1.82) is 0 Å². The summed E-state index contributed by atoms with van der Waals surface area (Å²) >= 11 is 0. The van der Waals surface area contributed by atoms with Gasteiger partial charge in [0.25, 0.3) is 5.91 Å². The van der Waals surface area contributed by atoms with Gasteiger partial charge in [0.15, 0.2) is 0 Å². The molecular weight excluding hydrogens is 371 g/mol. The first-order valence-electron chi connectivity index (χ1n) is 9.24. The molecular formula is C20H20F3N3O2. The number of rotatable bonds is 3. The summed E-state index contributed by atoms with van der Waals surface area (Å²) in [4.78, 5) is 23.1. The summed E-state index contributed by atoms with van der Waals surface area (Å²) in [6, 6.07) is 4.88. The number of halogens is 3. The molecule has 1 aliphatic heterocycles. The van der Waals surface area contributed by atoms with Gasteiger partial charge >= 0.3 is 6.18 Å². The van der Waals surface area contributed by atoms with Gasteiger partial charge in [-0.05, 0) is 37.5 Å². The molecule has 2 unspecified atom stereocenters. The number of nitrogens with zero attached hydrogens (tertiary/aromatic N) is 3. The van der Waals surface area contributed by atoms with E-state index in [1.807, 2.05) is 6.92 Å². The molecule has 0 N–H and O–H groups in total. The molecule has 1 saturated carbocycles. The van der Waals surface area contributed by atoms with Crippen LogP contribution in [0, 0.1) is 0 Å². The van der Waals surface area contributed by atoms with Crippen molar-refractivity contribution < 1.29 is 22.7 Å². The highest BCUT2D eigenvalue weighted by molar-refractivity contribution is 5.95. The smallest absolute Gasteiger partial charge is 0.370 e. The zero-order valence-electron chi connectivity index (χ0n) is 15.3. The molecule has 2 heterocycles. The summed E-state index contributed by atoms with van der Waals surface area (Å²) < 4.78 is 44.8. The summed E-state index contributed by atoms with van der Waals surface area (Å²) in [6.07, 6.45) is -0.0561. The molecule has 5 nitrogen and oxygen atoms in total. The summed E-state index contributed by atoms with van der Waals surface area (Å²) in [7, 11) is 0. The average Bonchev–Trinajstić information content (AvgIpc) is 3.52. The molecule has 8 heteroatoms. The number of carbonyl (C=O) groups excluding carboxylic acids is 1. The van der Waals surface area contributed by atoms with E-state index in [0.717, 1.165) is 30.7 Å². The van der Waals surface area contributed by atoms with Crippen LogP contribution < -0.4 is 0 Å². The standard InChI is InChI=1S/C20H20F3N3O2/c1-12-10-28-17(14-3-2-4-15(7-14)20(21,22)23)9-26(12)19(27)16-8-24-11-25-18(16)13-5-6-13/h2-4,7-8,11-13,17H,5-6,9-10H2,1H3. The molecule has 0 spiro atoms. The first-order valence-corrected chi connectivity index (χ1v) is 9.24. The van der Waals surface area contributed by atoms with Crippen molar-refractivity contribution in [2.24, 2.45) is 0 Å². The average molecular weight is 391 g/mol. The van der Waals surface area contributed by atoms with Gasteiger partial charge in [-0.2, -0.15) is 13.2 Å². The van der Waals surface area contributed by atoms with Crippen molar-refractivity contribution in [2.45, 2.75) is 44.0 Å². The molecule has 1 amide bonds. The SMILES string of the molecule is CC1COC(c2cccc(C(F)(F)F)c2)CN1C(=O)c1cncnc1C1CC1. The minimum Gasteiger partial charge on any atom is -0.370 e. The number of benzene rings is 1. The number of alkyl halides is 3. The fourth-order valence-electron chi connectivity index (χ4n) is 3.50. The van der Waals surface area contributed by atoms with Crippen molar-refractivity contribution in [2.75, 3.05) is 13.2 Å². The Kier molecular flexibility index (Phi) is 4.82. The van der Waals surface area contributed by atoms with Gasteiger partial charge in [-0.25, -0.2) is 9.97 Å². The molecule has 1 saturated heterocycles. The van der Waals surface area contributed by atoms with Gasteiger partial charge in [0.2, 0.25) is 0 Å². The first kappa shape index (κ1) is 18.9. The second-order valence-electron chi connectivity index (χ2n) is 7.35. The number of hydrogen-bond acceptors (Lipinski definition) is 4.